The molecular formula is C20H21ClN4O. The molecule has 0 spiro atoms. The first kappa shape index (κ1) is 18.1. The molecular weight excluding hydrogens is 348 g/mol. The van der Waals surface area contributed by atoms with E-state index in [4.69, 9.17) is 11.6 Å². The minimum atomic E-state index is -0.0723. The number of hydrogen-bond acceptors (Lipinski definition) is 4. The molecule has 0 unspecified atom stereocenters. The summed E-state index contributed by atoms with van der Waals surface area (Å²) in [6.45, 7) is 4.53. The number of carbonyl (C=O) groups excluding carboxylic acids is 1. The molecule has 3 rings (SSSR count). The van der Waals surface area contributed by atoms with Gasteiger partial charge in [-0.1, -0.05) is 60.5 Å². The van der Waals surface area contributed by atoms with Gasteiger partial charge in [-0.05, 0) is 31.0 Å². The van der Waals surface area contributed by atoms with Crippen molar-refractivity contribution in [2.75, 3.05) is 5.32 Å². The summed E-state index contributed by atoms with van der Waals surface area (Å²) in [5.41, 5.74) is 3.09. The van der Waals surface area contributed by atoms with Gasteiger partial charge in [-0.2, -0.15) is 9.67 Å². The van der Waals surface area contributed by atoms with Crippen LogP contribution in [0.2, 0.25) is 5.02 Å². The minimum absolute atomic E-state index is 0.0723. The first-order chi connectivity index (χ1) is 12.6. The molecule has 2 aromatic carbocycles. The van der Waals surface area contributed by atoms with Crippen LogP contribution in [-0.4, -0.2) is 20.7 Å². The monoisotopic (exact) mass is 368 g/mol. The fourth-order valence-corrected chi connectivity index (χ4v) is 2.65. The first-order valence-electron chi connectivity index (χ1n) is 8.62. The van der Waals surface area contributed by atoms with Crippen LogP contribution < -0.4 is 5.32 Å². The highest BCUT2D eigenvalue weighted by Gasteiger charge is 2.16. The van der Waals surface area contributed by atoms with E-state index in [1.807, 2.05) is 62.4 Å². The van der Waals surface area contributed by atoms with E-state index in [0.717, 1.165) is 23.1 Å². The molecule has 0 bridgehead atoms. The Balaban J connectivity index is 1.87. The lowest BCUT2D eigenvalue weighted by Gasteiger charge is -2.07. The quantitative estimate of drug-likeness (QED) is 0.668. The van der Waals surface area contributed by atoms with Crippen molar-refractivity contribution < 1.29 is 4.79 Å². The number of carbonyl (C=O) groups is 1. The van der Waals surface area contributed by atoms with Crippen LogP contribution in [0.4, 0.5) is 5.95 Å². The van der Waals surface area contributed by atoms with E-state index in [1.54, 1.807) is 0 Å². The number of halogens is 1. The zero-order chi connectivity index (χ0) is 18.5. The third kappa shape index (κ3) is 4.29. The highest BCUT2D eigenvalue weighted by atomic mass is 35.5. The number of aromatic nitrogens is 3. The molecule has 5 nitrogen and oxygen atoms in total. The summed E-state index contributed by atoms with van der Waals surface area (Å²) in [7, 11) is 0. The number of anilines is 1. The predicted octanol–water partition coefficient (Wildman–Crippen LogP) is 4.96. The standard InChI is InChI=1S/C20H21ClN4O/c1-3-4-18(26)25-20(22-13-15-7-11-17(21)12-8-15)23-19(24-25)16-9-5-14(2)6-10-16/h5-12H,3-4,13H2,1-2H3,(H,22,23,24). The summed E-state index contributed by atoms with van der Waals surface area (Å²) in [6.07, 6.45) is 1.18. The number of nitrogens with zero attached hydrogens (tertiary/aromatic N) is 3. The van der Waals surface area contributed by atoms with E-state index in [9.17, 15) is 4.79 Å². The smallest absolute Gasteiger partial charge is 0.250 e. The number of rotatable bonds is 6. The van der Waals surface area contributed by atoms with Gasteiger partial charge in [0.1, 0.15) is 0 Å². The molecule has 0 radical (unpaired) electrons. The molecule has 1 heterocycles. The second-order valence-electron chi connectivity index (χ2n) is 6.16. The van der Waals surface area contributed by atoms with Crippen LogP contribution in [0.15, 0.2) is 48.5 Å². The lowest BCUT2D eigenvalue weighted by atomic mass is 10.1. The van der Waals surface area contributed by atoms with E-state index in [-0.39, 0.29) is 5.91 Å². The maximum Gasteiger partial charge on any atom is 0.250 e. The first-order valence-corrected chi connectivity index (χ1v) is 9.00. The second-order valence-corrected chi connectivity index (χ2v) is 6.60. The molecule has 0 saturated carbocycles. The number of nitrogens with one attached hydrogen (secondary N) is 1. The van der Waals surface area contributed by atoms with Gasteiger partial charge < -0.3 is 5.32 Å². The van der Waals surface area contributed by atoms with E-state index in [0.29, 0.717) is 29.8 Å². The average molecular weight is 369 g/mol. The normalized spacial score (nSPS) is 10.7. The zero-order valence-corrected chi connectivity index (χ0v) is 15.6. The Morgan fingerprint density at radius 2 is 1.81 bits per heavy atom. The molecule has 26 heavy (non-hydrogen) atoms. The zero-order valence-electron chi connectivity index (χ0n) is 14.9. The Bertz CT molecular complexity index is 885. The van der Waals surface area contributed by atoms with E-state index in [2.05, 4.69) is 15.4 Å². The summed E-state index contributed by atoms with van der Waals surface area (Å²) in [4.78, 5) is 17.0. The molecule has 1 N–H and O–H groups in total. The van der Waals surface area contributed by atoms with Crippen molar-refractivity contribution in [3.8, 4) is 11.4 Å². The molecule has 1 aromatic heterocycles. The SMILES string of the molecule is CCCC(=O)n1nc(-c2ccc(C)cc2)nc1NCc1ccc(Cl)cc1. The predicted molar refractivity (Wildman–Crippen MR) is 105 cm³/mol. The Labute approximate surface area is 158 Å². The van der Waals surface area contributed by atoms with Crippen molar-refractivity contribution in [3.63, 3.8) is 0 Å². The maximum atomic E-state index is 12.4. The fourth-order valence-electron chi connectivity index (χ4n) is 2.53. The van der Waals surface area contributed by atoms with Crippen molar-refractivity contribution in [1.82, 2.24) is 14.8 Å². The van der Waals surface area contributed by atoms with Crippen LogP contribution in [0.3, 0.4) is 0 Å². The van der Waals surface area contributed by atoms with Gasteiger partial charge in [-0.15, -0.1) is 5.10 Å². The van der Waals surface area contributed by atoms with Crippen LogP contribution in [0.1, 0.15) is 35.7 Å². The Kier molecular flexibility index (Phi) is 5.68. The van der Waals surface area contributed by atoms with Crippen LogP contribution in [0.5, 0.6) is 0 Å². The molecule has 134 valence electrons. The number of benzene rings is 2. The van der Waals surface area contributed by atoms with E-state index in [1.165, 1.54) is 4.68 Å². The Hall–Kier alpha value is -2.66. The summed E-state index contributed by atoms with van der Waals surface area (Å²) >= 11 is 5.92. The molecule has 0 aliphatic heterocycles. The summed E-state index contributed by atoms with van der Waals surface area (Å²) < 4.78 is 1.37. The van der Waals surface area contributed by atoms with Gasteiger partial charge in [-0.3, -0.25) is 4.79 Å². The molecule has 6 heteroatoms. The van der Waals surface area contributed by atoms with Gasteiger partial charge in [0.25, 0.3) is 0 Å². The largest absolute Gasteiger partial charge is 0.350 e. The minimum Gasteiger partial charge on any atom is -0.350 e. The maximum absolute atomic E-state index is 12.4. The van der Waals surface area contributed by atoms with Crippen molar-refractivity contribution >= 4 is 23.5 Å². The summed E-state index contributed by atoms with van der Waals surface area (Å²) in [6, 6.07) is 15.5. The van der Waals surface area contributed by atoms with Crippen molar-refractivity contribution in [2.24, 2.45) is 0 Å². The molecule has 0 atom stereocenters. The molecule has 0 saturated heterocycles. The van der Waals surface area contributed by atoms with Crippen LogP contribution in [0.25, 0.3) is 11.4 Å². The number of hydrogen-bond donors (Lipinski definition) is 1. The fraction of sp³-hybridized carbons (Fsp3) is 0.250. The van der Waals surface area contributed by atoms with E-state index >= 15 is 0 Å². The van der Waals surface area contributed by atoms with Gasteiger partial charge in [0.05, 0.1) is 0 Å². The summed E-state index contributed by atoms with van der Waals surface area (Å²) in [5.74, 6) is 0.916. The lowest BCUT2D eigenvalue weighted by molar-refractivity contribution is 0.0888. The average Bonchev–Trinajstić information content (AvgIpc) is 3.06. The number of aryl methyl sites for hydroxylation is 1. The Morgan fingerprint density at radius 3 is 2.46 bits per heavy atom. The van der Waals surface area contributed by atoms with Crippen LogP contribution >= 0.6 is 11.6 Å². The highest BCUT2D eigenvalue weighted by molar-refractivity contribution is 6.30. The molecule has 0 fully saturated rings. The van der Waals surface area contributed by atoms with E-state index < -0.39 is 0 Å². The third-order valence-electron chi connectivity index (χ3n) is 3.98. The lowest BCUT2D eigenvalue weighted by Crippen LogP contribution is -2.16. The van der Waals surface area contributed by atoms with Gasteiger partial charge in [-0.25, -0.2) is 0 Å². The molecule has 0 aliphatic carbocycles. The Morgan fingerprint density at radius 1 is 1.12 bits per heavy atom. The highest BCUT2D eigenvalue weighted by Crippen LogP contribution is 2.20. The van der Waals surface area contributed by atoms with Gasteiger partial charge >= 0.3 is 0 Å². The van der Waals surface area contributed by atoms with Crippen LogP contribution in [0, 0.1) is 6.92 Å². The van der Waals surface area contributed by atoms with Crippen molar-refractivity contribution in [2.45, 2.75) is 33.2 Å². The molecule has 0 aliphatic rings. The summed E-state index contributed by atoms with van der Waals surface area (Å²) in [5, 5.41) is 8.33. The van der Waals surface area contributed by atoms with Crippen molar-refractivity contribution in [3.05, 3.63) is 64.7 Å². The topological polar surface area (TPSA) is 59.8 Å². The third-order valence-corrected chi connectivity index (χ3v) is 4.23. The molecule has 0 amide bonds. The van der Waals surface area contributed by atoms with Crippen LogP contribution in [-0.2, 0) is 6.54 Å². The van der Waals surface area contributed by atoms with Gasteiger partial charge in [0.2, 0.25) is 11.9 Å². The second kappa shape index (κ2) is 8.15. The van der Waals surface area contributed by atoms with Gasteiger partial charge in [0, 0.05) is 23.6 Å². The molecule has 3 aromatic rings. The van der Waals surface area contributed by atoms with Crippen molar-refractivity contribution in [1.29, 1.82) is 0 Å². The van der Waals surface area contributed by atoms with Gasteiger partial charge in [0.15, 0.2) is 5.82 Å².